The molecule has 0 fully saturated rings. The van der Waals surface area contributed by atoms with Crippen LogP contribution < -0.4 is 0 Å². The average Bonchev–Trinajstić information content (AvgIpc) is 2.85. The molecule has 0 aromatic heterocycles. The summed E-state index contributed by atoms with van der Waals surface area (Å²) in [6, 6.07) is 0. The summed E-state index contributed by atoms with van der Waals surface area (Å²) in [5, 5.41) is 3.77. The Morgan fingerprint density at radius 2 is 1.39 bits per heavy atom. The minimum atomic E-state index is -0.0798. The SMILES string of the molecule is CC(C)(C)C1=PC2(C(C)(C)C)P=C(C(C)(C)C)P1[C@H]1CC=C[C@H]12. The highest BCUT2D eigenvalue weighted by Crippen LogP contribution is 2.78. The fourth-order valence-electron chi connectivity index (χ4n) is 4.22. The van der Waals surface area contributed by atoms with Crippen molar-refractivity contribution in [1.82, 2.24) is 0 Å². The van der Waals surface area contributed by atoms with Gasteiger partial charge in [0.05, 0.1) is 4.90 Å². The fraction of sp³-hybridized carbons (Fsp3) is 0.800. The zero-order chi connectivity index (χ0) is 17.4. The predicted octanol–water partition coefficient (Wildman–Crippen LogP) is 7.43. The Kier molecular flexibility index (Phi) is 4.18. The van der Waals surface area contributed by atoms with Gasteiger partial charge in [-0.25, -0.2) is 0 Å². The lowest BCUT2D eigenvalue weighted by Crippen LogP contribution is -2.51. The summed E-state index contributed by atoms with van der Waals surface area (Å²) in [6.07, 6.45) is 6.43. The molecule has 0 aromatic rings. The van der Waals surface area contributed by atoms with Gasteiger partial charge in [0.2, 0.25) is 0 Å². The summed E-state index contributed by atoms with van der Waals surface area (Å²) < 4.78 is 0. The van der Waals surface area contributed by atoms with E-state index in [4.69, 9.17) is 0 Å². The van der Waals surface area contributed by atoms with Crippen LogP contribution in [0.15, 0.2) is 12.2 Å². The standard InChI is InChI=1S/C20H33P3/c1-17(2,3)15-21-20(19(7,8)9)13-11-10-12-14(13)23(15)16(22-20)18(4,5)6/h10-11,13-14H,12H2,1-9H3/t13-,14+,20?,23?/m1/s1. The summed E-state index contributed by atoms with van der Waals surface area (Å²) in [6.45, 7) is 22.3. The minimum Gasteiger partial charge on any atom is -0.0875 e. The molecule has 2 bridgehead atoms. The molecule has 3 aliphatic heterocycles. The molecule has 4 aliphatic rings. The Balaban J connectivity index is 2.30. The zero-order valence-corrected chi connectivity index (χ0v) is 19.0. The van der Waals surface area contributed by atoms with Crippen LogP contribution in [0.2, 0.25) is 0 Å². The number of allylic oxidation sites excluding steroid dienone is 2. The van der Waals surface area contributed by atoms with Crippen molar-refractivity contribution >= 4 is 34.4 Å². The van der Waals surface area contributed by atoms with Gasteiger partial charge < -0.3 is 0 Å². The second-order valence-corrected chi connectivity index (χ2v) is 16.6. The number of rotatable bonds is 0. The largest absolute Gasteiger partial charge is 0.0875 e. The Hall–Kier alpha value is 0.510. The Morgan fingerprint density at radius 1 is 0.913 bits per heavy atom. The third kappa shape index (κ3) is 2.67. The fourth-order valence-corrected chi connectivity index (χ4v) is 15.3. The summed E-state index contributed by atoms with van der Waals surface area (Å²) in [5.41, 5.74) is 1.89. The molecule has 0 radical (unpaired) electrons. The Morgan fingerprint density at radius 3 is 1.78 bits per heavy atom. The first-order valence-electron chi connectivity index (χ1n) is 8.96. The van der Waals surface area contributed by atoms with Gasteiger partial charge in [-0.1, -0.05) is 90.9 Å². The third-order valence-corrected chi connectivity index (χ3v) is 15.7. The monoisotopic (exact) mass is 366 g/mol. The van der Waals surface area contributed by atoms with Gasteiger partial charge in [0.15, 0.2) is 0 Å². The molecule has 0 amide bonds. The van der Waals surface area contributed by atoms with Gasteiger partial charge in [0.1, 0.15) is 0 Å². The van der Waals surface area contributed by atoms with Crippen molar-refractivity contribution in [2.24, 2.45) is 22.2 Å². The highest BCUT2D eigenvalue weighted by Gasteiger charge is 2.60. The van der Waals surface area contributed by atoms with E-state index in [1.54, 1.807) is 16.4 Å². The lowest BCUT2D eigenvalue weighted by Gasteiger charge is -2.59. The van der Waals surface area contributed by atoms with Gasteiger partial charge >= 0.3 is 0 Å². The van der Waals surface area contributed by atoms with E-state index in [0.717, 1.165) is 11.6 Å². The van der Waals surface area contributed by atoms with Crippen molar-refractivity contribution < 1.29 is 0 Å². The Bertz CT molecular complexity index is 570. The van der Waals surface area contributed by atoms with E-state index in [-0.39, 0.29) is 7.92 Å². The van der Waals surface area contributed by atoms with Crippen LogP contribution >= 0.6 is 24.3 Å². The topological polar surface area (TPSA) is 0 Å². The maximum atomic E-state index is 2.60. The second kappa shape index (κ2) is 5.26. The van der Waals surface area contributed by atoms with Gasteiger partial charge in [-0.15, -0.1) is 0 Å². The average molecular weight is 366 g/mol. The first kappa shape index (κ1) is 18.3. The van der Waals surface area contributed by atoms with E-state index in [1.807, 2.05) is 10.1 Å². The van der Waals surface area contributed by atoms with Gasteiger partial charge in [-0.3, -0.25) is 0 Å². The second-order valence-electron chi connectivity index (χ2n) is 10.5. The van der Waals surface area contributed by atoms with Gasteiger partial charge in [-0.2, -0.15) is 0 Å². The molecule has 0 nitrogen and oxygen atoms in total. The van der Waals surface area contributed by atoms with Crippen molar-refractivity contribution in [2.45, 2.75) is 79.3 Å². The van der Waals surface area contributed by atoms with Gasteiger partial charge in [0.25, 0.3) is 0 Å². The molecule has 23 heavy (non-hydrogen) atoms. The van der Waals surface area contributed by atoms with E-state index in [2.05, 4.69) is 74.5 Å². The smallest absolute Gasteiger partial charge is 0.0660 e. The van der Waals surface area contributed by atoms with E-state index in [1.165, 1.54) is 6.42 Å². The minimum absolute atomic E-state index is 0.0798. The van der Waals surface area contributed by atoms with E-state index in [9.17, 15) is 0 Å². The van der Waals surface area contributed by atoms with Crippen molar-refractivity contribution in [3.05, 3.63) is 12.2 Å². The molecule has 4 rings (SSSR count). The van der Waals surface area contributed by atoms with Crippen molar-refractivity contribution in [3.8, 4) is 0 Å². The quantitative estimate of drug-likeness (QED) is 0.309. The molecule has 2 atom stereocenters. The molecule has 0 spiro atoms. The maximum Gasteiger partial charge on any atom is 0.0660 e. The molecule has 0 aromatic carbocycles. The summed E-state index contributed by atoms with van der Waals surface area (Å²) >= 11 is 0. The van der Waals surface area contributed by atoms with Crippen LogP contribution in [-0.4, -0.2) is 20.6 Å². The molecule has 1 aliphatic carbocycles. The lowest BCUT2D eigenvalue weighted by molar-refractivity contribution is 0.307. The normalized spacial score (nSPS) is 38.2. The highest BCUT2D eigenvalue weighted by molar-refractivity contribution is 8.06. The molecule has 0 unspecified atom stereocenters. The van der Waals surface area contributed by atoms with Crippen LogP contribution in [0.5, 0.6) is 0 Å². The van der Waals surface area contributed by atoms with Gasteiger partial charge in [0, 0.05) is 5.92 Å². The van der Waals surface area contributed by atoms with Gasteiger partial charge in [-0.05, 0) is 46.3 Å². The van der Waals surface area contributed by atoms with Crippen molar-refractivity contribution in [3.63, 3.8) is 0 Å². The van der Waals surface area contributed by atoms with Crippen LogP contribution in [0.1, 0.15) is 68.7 Å². The molecular formula is C20H33P3. The molecule has 0 N–H and O–H groups in total. The first-order valence-corrected chi connectivity index (χ1v) is 12.2. The summed E-state index contributed by atoms with van der Waals surface area (Å²) in [5.74, 6) is 0.800. The van der Waals surface area contributed by atoms with Crippen LogP contribution in [0.3, 0.4) is 0 Å². The summed E-state index contributed by atoms with van der Waals surface area (Å²) in [7, 11) is 3.27. The lowest BCUT2D eigenvalue weighted by atomic mass is 9.82. The van der Waals surface area contributed by atoms with Crippen LogP contribution in [-0.2, 0) is 0 Å². The predicted molar refractivity (Wildman–Crippen MR) is 113 cm³/mol. The molecule has 128 valence electrons. The number of hydrogen-bond donors (Lipinski definition) is 0. The molecule has 0 saturated heterocycles. The van der Waals surface area contributed by atoms with E-state index in [0.29, 0.717) is 21.1 Å². The van der Waals surface area contributed by atoms with E-state index >= 15 is 0 Å². The van der Waals surface area contributed by atoms with Crippen molar-refractivity contribution in [1.29, 1.82) is 0 Å². The highest BCUT2D eigenvalue weighted by atomic mass is 31.2. The molecule has 0 saturated carbocycles. The molecular weight excluding hydrogens is 333 g/mol. The van der Waals surface area contributed by atoms with Crippen LogP contribution in [0.25, 0.3) is 0 Å². The van der Waals surface area contributed by atoms with Crippen LogP contribution in [0, 0.1) is 22.2 Å². The summed E-state index contributed by atoms with van der Waals surface area (Å²) in [4.78, 5) is 0.382. The number of hydrogen-bond acceptors (Lipinski definition) is 0. The third-order valence-electron chi connectivity index (χ3n) is 5.39. The molecule has 3 heteroatoms. The molecule has 3 heterocycles. The van der Waals surface area contributed by atoms with Crippen LogP contribution in [0.4, 0.5) is 0 Å². The zero-order valence-electron chi connectivity index (χ0n) is 16.4. The maximum absolute atomic E-state index is 2.60. The first-order chi connectivity index (χ1) is 10.3. The van der Waals surface area contributed by atoms with E-state index < -0.39 is 0 Å². The Labute approximate surface area is 148 Å². The van der Waals surface area contributed by atoms with Crippen molar-refractivity contribution in [2.75, 3.05) is 0 Å².